The SMILES string of the molecule is COc1ccnc(OC)c1CC(N)C(=O)O. The van der Waals surface area contributed by atoms with E-state index in [9.17, 15) is 4.79 Å². The molecule has 0 saturated carbocycles. The predicted octanol–water partition coefficient (Wildman–Crippen LogP) is 0.0532. The molecule has 1 rings (SSSR count). The van der Waals surface area contributed by atoms with Crippen molar-refractivity contribution in [2.45, 2.75) is 12.5 Å². The maximum atomic E-state index is 10.7. The van der Waals surface area contributed by atoms with Crippen LogP contribution < -0.4 is 15.2 Å². The Balaban J connectivity index is 3.04. The van der Waals surface area contributed by atoms with Gasteiger partial charge >= 0.3 is 5.97 Å². The fourth-order valence-electron chi connectivity index (χ4n) is 1.32. The zero-order chi connectivity index (χ0) is 12.1. The van der Waals surface area contributed by atoms with E-state index in [4.69, 9.17) is 20.3 Å². The monoisotopic (exact) mass is 226 g/mol. The van der Waals surface area contributed by atoms with Gasteiger partial charge in [0.15, 0.2) is 0 Å². The van der Waals surface area contributed by atoms with Crippen LogP contribution in [0.1, 0.15) is 5.56 Å². The zero-order valence-electron chi connectivity index (χ0n) is 9.14. The Labute approximate surface area is 93.0 Å². The standard InChI is InChI=1S/C10H14N2O4/c1-15-8-3-4-12-9(16-2)6(8)5-7(11)10(13)14/h3-4,7H,5,11H2,1-2H3,(H,13,14). The Morgan fingerprint density at radius 2 is 2.25 bits per heavy atom. The van der Waals surface area contributed by atoms with Gasteiger partial charge in [-0.3, -0.25) is 4.79 Å². The molecule has 1 aromatic rings. The number of ether oxygens (including phenoxy) is 2. The summed E-state index contributed by atoms with van der Waals surface area (Å²) in [5, 5.41) is 8.74. The molecule has 1 heterocycles. The van der Waals surface area contributed by atoms with Gasteiger partial charge in [-0.1, -0.05) is 0 Å². The quantitative estimate of drug-likeness (QED) is 0.736. The number of aliphatic carboxylic acids is 1. The molecule has 1 aromatic heterocycles. The fourth-order valence-corrected chi connectivity index (χ4v) is 1.32. The Bertz CT molecular complexity index is 359. The first-order valence-electron chi connectivity index (χ1n) is 4.64. The highest BCUT2D eigenvalue weighted by Crippen LogP contribution is 2.26. The van der Waals surface area contributed by atoms with Crippen molar-refractivity contribution in [1.29, 1.82) is 0 Å². The first-order valence-corrected chi connectivity index (χ1v) is 4.64. The van der Waals surface area contributed by atoms with Crippen LogP contribution in [0, 0.1) is 0 Å². The number of rotatable bonds is 5. The Hall–Kier alpha value is -1.82. The van der Waals surface area contributed by atoms with Crippen molar-refractivity contribution in [1.82, 2.24) is 4.98 Å². The van der Waals surface area contributed by atoms with E-state index in [0.717, 1.165) is 0 Å². The minimum Gasteiger partial charge on any atom is -0.496 e. The van der Waals surface area contributed by atoms with E-state index >= 15 is 0 Å². The van der Waals surface area contributed by atoms with Crippen molar-refractivity contribution in [3.8, 4) is 11.6 Å². The lowest BCUT2D eigenvalue weighted by molar-refractivity contribution is -0.138. The number of carboxylic acids is 1. The van der Waals surface area contributed by atoms with E-state index in [2.05, 4.69) is 4.98 Å². The lowest BCUT2D eigenvalue weighted by atomic mass is 10.1. The lowest BCUT2D eigenvalue weighted by Crippen LogP contribution is -2.32. The second kappa shape index (κ2) is 5.32. The summed E-state index contributed by atoms with van der Waals surface area (Å²) >= 11 is 0. The molecule has 1 unspecified atom stereocenters. The highest BCUT2D eigenvalue weighted by atomic mass is 16.5. The minimum atomic E-state index is -1.08. The van der Waals surface area contributed by atoms with E-state index < -0.39 is 12.0 Å². The number of pyridine rings is 1. The van der Waals surface area contributed by atoms with Crippen molar-refractivity contribution < 1.29 is 19.4 Å². The number of nitrogens with two attached hydrogens (primary N) is 1. The van der Waals surface area contributed by atoms with Crippen LogP contribution >= 0.6 is 0 Å². The minimum absolute atomic E-state index is 0.107. The third kappa shape index (κ3) is 2.60. The molecule has 0 radical (unpaired) electrons. The molecule has 0 bridgehead atoms. The summed E-state index contributed by atoms with van der Waals surface area (Å²) in [5.74, 6) is -0.229. The molecule has 0 aliphatic heterocycles. The second-order valence-electron chi connectivity index (χ2n) is 3.15. The van der Waals surface area contributed by atoms with Crippen LogP contribution in [0.3, 0.4) is 0 Å². The maximum absolute atomic E-state index is 10.7. The van der Waals surface area contributed by atoms with Crippen LogP contribution in [0.4, 0.5) is 0 Å². The third-order valence-corrected chi connectivity index (χ3v) is 2.13. The molecule has 16 heavy (non-hydrogen) atoms. The van der Waals surface area contributed by atoms with Crippen LogP contribution in [-0.4, -0.2) is 36.3 Å². The highest BCUT2D eigenvalue weighted by molar-refractivity contribution is 5.73. The van der Waals surface area contributed by atoms with Gasteiger partial charge in [-0.25, -0.2) is 4.98 Å². The molecule has 0 amide bonds. The van der Waals surface area contributed by atoms with Crippen LogP contribution in [-0.2, 0) is 11.2 Å². The molecule has 1 atom stereocenters. The third-order valence-electron chi connectivity index (χ3n) is 2.13. The molecule has 6 heteroatoms. The molecule has 0 aliphatic carbocycles. The molecular weight excluding hydrogens is 212 g/mol. The Morgan fingerprint density at radius 3 is 2.75 bits per heavy atom. The average Bonchev–Trinajstić information content (AvgIpc) is 2.29. The van der Waals surface area contributed by atoms with Crippen molar-refractivity contribution >= 4 is 5.97 Å². The number of carboxylic acid groups (broad SMARTS) is 1. The average molecular weight is 226 g/mol. The Kier molecular flexibility index (Phi) is 4.07. The summed E-state index contributed by atoms with van der Waals surface area (Å²) in [6.45, 7) is 0. The predicted molar refractivity (Wildman–Crippen MR) is 56.7 cm³/mol. The van der Waals surface area contributed by atoms with Gasteiger partial charge in [-0.05, 0) is 6.07 Å². The molecule has 6 nitrogen and oxygen atoms in total. The lowest BCUT2D eigenvalue weighted by Gasteiger charge is -2.13. The van der Waals surface area contributed by atoms with Crippen LogP contribution in [0.25, 0.3) is 0 Å². The van der Waals surface area contributed by atoms with Gasteiger partial charge in [0.05, 0.1) is 19.8 Å². The molecule has 0 saturated heterocycles. The van der Waals surface area contributed by atoms with Gasteiger partial charge in [-0.2, -0.15) is 0 Å². The summed E-state index contributed by atoms with van der Waals surface area (Å²) in [6.07, 6.45) is 1.63. The van der Waals surface area contributed by atoms with E-state index in [1.54, 1.807) is 6.07 Å². The van der Waals surface area contributed by atoms with Crippen molar-refractivity contribution in [2.24, 2.45) is 5.73 Å². The normalized spacial score (nSPS) is 11.9. The molecule has 0 aromatic carbocycles. The van der Waals surface area contributed by atoms with Crippen LogP contribution in [0.15, 0.2) is 12.3 Å². The van der Waals surface area contributed by atoms with Gasteiger partial charge in [0.25, 0.3) is 0 Å². The summed E-state index contributed by atoms with van der Waals surface area (Å²) in [4.78, 5) is 14.6. The van der Waals surface area contributed by atoms with E-state index in [-0.39, 0.29) is 6.42 Å². The van der Waals surface area contributed by atoms with Gasteiger partial charge in [-0.15, -0.1) is 0 Å². The van der Waals surface area contributed by atoms with E-state index in [0.29, 0.717) is 17.2 Å². The van der Waals surface area contributed by atoms with Gasteiger partial charge in [0.2, 0.25) is 5.88 Å². The van der Waals surface area contributed by atoms with Gasteiger partial charge in [0, 0.05) is 12.6 Å². The first-order chi connectivity index (χ1) is 7.60. The molecule has 3 N–H and O–H groups in total. The summed E-state index contributed by atoms with van der Waals surface area (Å²) in [5.41, 5.74) is 6.02. The molecule has 0 fully saturated rings. The van der Waals surface area contributed by atoms with E-state index in [1.807, 2.05) is 0 Å². The number of aromatic nitrogens is 1. The van der Waals surface area contributed by atoms with E-state index in [1.165, 1.54) is 20.4 Å². The van der Waals surface area contributed by atoms with Crippen molar-refractivity contribution in [2.75, 3.05) is 14.2 Å². The smallest absolute Gasteiger partial charge is 0.320 e. The Morgan fingerprint density at radius 1 is 1.56 bits per heavy atom. The number of hydrogen-bond acceptors (Lipinski definition) is 5. The van der Waals surface area contributed by atoms with Gasteiger partial charge in [0.1, 0.15) is 11.8 Å². The maximum Gasteiger partial charge on any atom is 0.320 e. The molecule has 0 spiro atoms. The number of methoxy groups -OCH3 is 2. The molecular formula is C10H14N2O4. The number of carbonyl (C=O) groups is 1. The number of nitrogens with zero attached hydrogens (tertiary/aromatic N) is 1. The highest BCUT2D eigenvalue weighted by Gasteiger charge is 2.19. The number of hydrogen-bond donors (Lipinski definition) is 2. The molecule has 88 valence electrons. The summed E-state index contributed by atoms with van der Waals surface area (Å²) < 4.78 is 10.1. The fraction of sp³-hybridized carbons (Fsp3) is 0.400. The van der Waals surface area contributed by atoms with Gasteiger partial charge < -0.3 is 20.3 Å². The summed E-state index contributed by atoms with van der Waals surface area (Å²) in [7, 11) is 2.95. The van der Waals surface area contributed by atoms with Crippen molar-refractivity contribution in [3.63, 3.8) is 0 Å². The second-order valence-corrected chi connectivity index (χ2v) is 3.15. The van der Waals surface area contributed by atoms with Crippen molar-refractivity contribution in [3.05, 3.63) is 17.8 Å². The van der Waals surface area contributed by atoms with Crippen LogP contribution in [0.5, 0.6) is 11.6 Å². The van der Waals surface area contributed by atoms with Crippen LogP contribution in [0.2, 0.25) is 0 Å². The zero-order valence-corrected chi connectivity index (χ0v) is 9.14. The largest absolute Gasteiger partial charge is 0.496 e. The molecule has 0 aliphatic rings. The first kappa shape index (κ1) is 12.3. The topological polar surface area (TPSA) is 94.7 Å². The summed E-state index contributed by atoms with van der Waals surface area (Å²) in [6, 6.07) is 0.624.